The third kappa shape index (κ3) is 3.44. The van der Waals surface area contributed by atoms with Gasteiger partial charge in [-0.1, -0.05) is 38.5 Å². The molecule has 0 spiro atoms. The lowest BCUT2D eigenvalue weighted by molar-refractivity contribution is 0.425. The monoisotopic (exact) mass is 282 g/mol. The van der Waals surface area contributed by atoms with Crippen LogP contribution >= 0.6 is 0 Å². The summed E-state index contributed by atoms with van der Waals surface area (Å²) in [6.07, 6.45) is 5.93. The number of hydrogen-bond donors (Lipinski definition) is 1. The highest BCUT2D eigenvalue weighted by Crippen LogP contribution is 2.39. The van der Waals surface area contributed by atoms with Crippen molar-refractivity contribution in [2.75, 3.05) is 13.1 Å². The molecule has 2 aromatic rings. The van der Waals surface area contributed by atoms with Gasteiger partial charge in [-0.05, 0) is 61.4 Å². The largest absolute Gasteiger partial charge is 0.316 e. The quantitative estimate of drug-likeness (QED) is 0.881. The number of aromatic nitrogens is 1. The molecule has 1 N–H and O–H groups in total. The van der Waals surface area contributed by atoms with E-state index in [9.17, 15) is 0 Å². The molecule has 0 aliphatic heterocycles. The Balaban J connectivity index is 1.73. The lowest BCUT2D eigenvalue weighted by Crippen LogP contribution is -2.27. The zero-order chi connectivity index (χ0) is 14.7. The van der Waals surface area contributed by atoms with Crippen molar-refractivity contribution in [1.82, 2.24) is 10.3 Å². The fourth-order valence-corrected chi connectivity index (χ4v) is 3.59. The molecule has 2 unspecified atom stereocenters. The van der Waals surface area contributed by atoms with Crippen LogP contribution in [0.1, 0.15) is 44.6 Å². The third-order valence-corrected chi connectivity index (χ3v) is 4.68. The van der Waals surface area contributed by atoms with Gasteiger partial charge in [0.05, 0.1) is 5.52 Å². The Kier molecular flexibility index (Phi) is 4.54. The van der Waals surface area contributed by atoms with Gasteiger partial charge in [0.25, 0.3) is 0 Å². The molecule has 1 fully saturated rings. The number of nitrogens with one attached hydrogen (secondary N) is 1. The first-order valence-corrected chi connectivity index (χ1v) is 8.29. The highest BCUT2D eigenvalue weighted by Gasteiger charge is 2.28. The van der Waals surface area contributed by atoms with Gasteiger partial charge in [0, 0.05) is 11.6 Å². The Morgan fingerprint density at radius 2 is 2.14 bits per heavy atom. The summed E-state index contributed by atoms with van der Waals surface area (Å²) in [6, 6.07) is 11.0. The van der Waals surface area contributed by atoms with E-state index in [1.165, 1.54) is 30.2 Å². The lowest BCUT2D eigenvalue weighted by Gasteiger charge is -2.21. The molecule has 1 aliphatic rings. The van der Waals surface area contributed by atoms with E-state index in [-0.39, 0.29) is 0 Å². The Morgan fingerprint density at radius 3 is 3.00 bits per heavy atom. The normalized spacial score (nSPS) is 22.2. The standard InChI is InChI=1S/C19H26N2/c1-14(2)12-20-13-17-5-3-7-18(17)16-9-8-15-6-4-10-21-19(15)11-16/h4,6,8-11,14,17-18,20H,3,5,7,12-13H2,1-2H3. The summed E-state index contributed by atoms with van der Waals surface area (Å²) in [5, 5.41) is 4.89. The van der Waals surface area contributed by atoms with E-state index in [0.29, 0.717) is 5.92 Å². The molecule has 112 valence electrons. The second-order valence-corrected chi connectivity index (χ2v) is 6.81. The summed E-state index contributed by atoms with van der Waals surface area (Å²) >= 11 is 0. The van der Waals surface area contributed by atoms with Crippen molar-refractivity contribution in [2.45, 2.75) is 39.0 Å². The summed E-state index contributed by atoms with van der Waals surface area (Å²) in [6.45, 7) is 6.83. The summed E-state index contributed by atoms with van der Waals surface area (Å²) < 4.78 is 0. The maximum absolute atomic E-state index is 4.51. The van der Waals surface area contributed by atoms with Crippen LogP contribution in [0.5, 0.6) is 0 Å². The summed E-state index contributed by atoms with van der Waals surface area (Å²) in [4.78, 5) is 4.51. The van der Waals surface area contributed by atoms with Crippen LogP contribution < -0.4 is 5.32 Å². The van der Waals surface area contributed by atoms with Crippen LogP contribution in [0.25, 0.3) is 10.9 Å². The van der Waals surface area contributed by atoms with Gasteiger partial charge in [-0.25, -0.2) is 0 Å². The molecule has 1 aliphatic carbocycles. The maximum Gasteiger partial charge on any atom is 0.0704 e. The van der Waals surface area contributed by atoms with Gasteiger partial charge in [0.15, 0.2) is 0 Å². The average Bonchev–Trinajstić information content (AvgIpc) is 2.95. The van der Waals surface area contributed by atoms with Crippen molar-refractivity contribution >= 4 is 10.9 Å². The Hall–Kier alpha value is -1.41. The summed E-state index contributed by atoms with van der Waals surface area (Å²) in [5.41, 5.74) is 2.62. The first-order chi connectivity index (χ1) is 10.2. The zero-order valence-electron chi connectivity index (χ0n) is 13.2. The number of benzene rings is 1. The molecule has 0 saturated heterocycles. The van der Waals surface area contributed by atoms with Gasteiger partial charge in [-0.3, -0.25) is 4.98 Å². The Bertz CT molecular complexity index is 591. The molecule has 0 radical (unpaired) electrons. The van der Waals surface area contributed by atoms with E-state index in [0.717, 1.165) is 30.4 Å². The average molecular weight is 282 g/mol. The van der Waals surface area contributed by atoms with Crippen LogP contribution in [0.2, 0.25) is 0 Å². The third-order valence-electron chi connectivity index (χ3n) is 4.68. The molecular formula is C19H26N2. The van der Waals surface area contributed by atoms with E-state index in [1.54, 1.807) is 0 Å². The second kappa shape index (κ2) is 6.57. The molecular weight excluding hydrogens is 256 g/mol. The Labute approximate surface area is 128 Å². The smallest absolute Gasteiger partial charge is 0.0704 e. The first kappa shape index (κ1) is 14.5. The molecule has 2 nitrogen and oxygen atoms in total. The SMILES string of the molecule is CC(C)CNCC1CCCC1c1ccc2cccnc2c1. The van der Waals surface area contributed by atoms with Crippen LogP contribution in [0.3, 0.4) is 0 Å². The van der Waals surface area contributed by atoms with Gasteiger partial charge in [0.2, 0.25) is 0 Å². The number of rotatable bonds is 5. The van der Waals surface area contributed by atoms with Crippen molar-refractivity contribution in [3.05, 3.63) is 42.1 Å². The topological polar surface area (TPSA) is 24.9 Å². The molecule has 21 heavy (non-hydrogen) atoms. The van der Waals surface area contributed by atoms with Gasteiger partial charge in [0.1, 0.15) is 0 Å². The van der Waals surface area contributed by atoms with Crippen molar-refractivity contribution in [3.8, 4) is 0 Å². The first-order valence-electron chi connectivity index (χ1n) is 8.29. The molecule has 2 atom stereocenters. The van der Waals surface area contributed by atoms with Crippen LogP contribution in [0, 0.1) is 11.8 Å². The minimum atomic E-state index is 0.705. The molecule has 1 aromatic heterocycles. The predicted octanol–water partition coefficient (Wildman–Crippen LogP) is 4.36. The van der Waals surface area contributed by atoms with E-state index in [1.807, 2.05) is 12.3 Å². The second-order valence-electron chi connectivity index (χ2n) is 6.81. The number of fused-ring (bicyclic) bond motifs is 1. The predicted molar refractivity (Wildman–Crippen MR) is 89.5 cm³/mol. The van der Waals surface area contributed by atoms with Crippen LogP contribution in [0.15, 0.2) is 36.5 Å². The zero-order valence-corrected chi connectivity index (χ0v) is 13.2. The van der Waals surface area contributed by atoms with E-state index >= 15 is 0 Å². The molecule has 0 amide bonds. The molecule has 1 heterocycles. The highest BCUT2D eigenvalue weighted by molar-refractivity contribution is 5.79. The number of hydrogen-bond acceptors (Lipinski definition) is 2. The molecule has 1 aromatic carbocycles. The highest BCUT2D eigenvalue weighted by atomic mass is 14.9. The minimum Gasteiger partial charge on any atom is -0.316 e. The molecule has 2 heteroatoms. The van der Waals surface area contributed by atoms with Crippen molar-refractivity contribution < 1.29 is 0 Å². The molecule has 1 saturated carbocycles. The number of pyridine rings is 1. The fraction of sp³-hybridized carbons (Fsp3) is 0.526. The van der Waals surface area contributed by atoms with Crippen molar-refractivity contribution in [1.29, 1.82) is 0 Å². The van der Waals surface area contributed by atoms with Crippen LogP contribution in [0.4, 0.5) is 0 Å². The van der Waals surface area contributed by atoms with Crippen molar-refractivity contribution in [3.63, 3.8) is 0 Å². The van der Waals surface area contributed by atoms with Crippen LogP contribution in [-0.2, 0) is 0 Å². The van der Waals surface area contributed by atoms with Gasteiger partial charge >= 0.3 is 0 Å². The maximum atomic E-state index is 4.51. The van der Waals surface area contributed by atoms with E-state index in [2.05, 4.69) is 48.4 Å². The Morgan fingerprint density at radius 1 is 1.24 bits per heavy atom. The molecule has 3 rings (SSSR count). The lowest BCUT2D eigenvalue weighted by atomic mass is 9.88. The van der Waals surface area contributed by atoms with Gasteiger partial charge in [-0.15, -0.1) is 0 Å². The van der Waals surface area contributed by atoms with E-state index < -0.39 is 0 Å². The van der Waals surface area contributed by atoms with Crippen molar-refractivity contribution in [2.24, 2.45) is 11.8 Å². The summed E-state index contributed by atoms with van der Waals surface area (Å²) in [5.74, 6) is 2.22. The number of nitrogens with zero attached hydrogens (tertiary/aromatic N) is 1. The van der Waals surface area contributed by atoms with Gasteiger partial charge in [-0.2, -0.15) is 0 Å². The van der Waals surface area contributed by atoms with Crippen LogP contribution in [-0.4, -0.2) is 18.1 Å². The minimum absolute atomic E-state index is 0.705. The summed E-state index contributed by atoms with van der Waals surface area (Å²) in [7, 11) is 0. The fourth-order valence-electron chi connectivity index (χ4n) is 3.59. The molecule has 0 bridgehead atoms. The van der Waals surface area contributed by atoms with Gasteiger partial charge < -0.3 is 5.32 Å². The van der Waals surface area contributed by atoms with E-state index in [4.69, 9.17) is 0 Å².